The van der Waals surface area contributed by atoms with Crippen molar-refractivity contribution in [3.8, 4) is 11.8 Å². The zero-order chi connectivity index (χ0) is 33.7. The summed E-state index contributed by atoms with van der Waals surface area (Å²) in [4.78, 5) is 45.7. The number of nitrogens with one attached hydrogen (secondary N) is 1. The smallest absolute Gasteiger partial charge is 0.258 e. The minimum absolute atomic E-state index is 0.0114. The maximum Gasteiger partial charge on any atom is 0.258 e. The average Bonchev–Trinajstić information content (AvgIpc) is 3.10. The van der Waals surface area contributed by atoms with Crippen LogP contribution in [0, 0.1) is 11.3 Å². The van der Waals surface area contributed by atoms with Crippen LogP contribution >= 0.6 is 23.2 Å². The van der Waals surface area contributed by atoms with E-state index in [9.17, 15) is 19.6 Å². The number of morpholine rings is 1. The van der Waals surface area contributed by atoms with Crippen molar-refractivity contribution in [3.05, 3.63) is 75.3 Å². The summed E-state index contributed by atoms with van der Waals surface area (Å²) in [6.45, 7) is 3.11. The average molecular weight is 681 g/mol. The van der Waals surface area contributed by atoms with Crippen LogP contribution in [0.15, 0.2) is 48.5 Å². The second kappa shape index (κ2) is 14.9. The Kier molecular flexibility index (Phi) is 10.9. The van der Waals surface area contributed by atoms with Gasteiger partial charge in [0.1, 0.15) is 24.0 Å². The van der Waals surface area contributed by atoms with Crippen molar-refractivity contribution in [2.45, 2.75) is 30.7 Å². The van der Waals surface area contributed by atoms with Crippen LogP contribution in [0.1, 0.15) is 46.7 Å². The number of fused-ring (bicyclic) bond motifs is 1. The Morgan fingerprint density at radius 1 is 1.13 bits per heavy atom. The van der Waals surface area contributed by atoms with Crippen LogP contribution < -0.4 is 10.1 Å². The molecule has 2 aliphatic rings. The van der Waals surface area contributed by atoms with Crippen LogP contribution in [-0.4, -0.2) is 105 Å². The number of amides is 3. The molecule has 0 saturated carbocycles. The molecule has 3 aromatic carbocycles. The summed E-state index contributed by atoms with van der Waals surface area (Å²) in [6.07, 6.45) is 1.71. The Labute approximate surface area is 285 Å². The molecule has 0 bridgehead atoms. The van der Waals surface area contributed by atoms with Crippen LogP contribution in [0.2, 0.25) is 10.0 Å². The predicted octanol–water partition coefficient (Wildman–Crippen LogP) is 4.71. The molecule has 2 heterocycles. The third-order valence-corrected chi connectivity index (χ3v) is 10.2. The van der Waals surface area contributed by atoms with Crippen molar-refractivity contribution < 1.29 is 23.9 Å². The first-order valence-electron chi connectivity index (χ1n) is 15.7. The number of rotatable bonds is 10. The van der Waals surface area contributed by atoms with Crippen molar-refractivity contribution >= 4 is 51.7 Å². The standard InChI is InChI=1S/C35H39Cl2N5O5/c1-39-34(45)35(42-16-17-47-22-30(42)43)11-14-41(15-12-35)13-10-25(23-8-9-28(36)29(37)19-23)21-40(2)33(44)31-27-7-5-4-6-24(27)18-26(20-38)32(31)46-3/h4-9,18-19,25H,10-17,21-22H2,1-3H3,(H,39,45)/t25-/m1/s1. The third-order valence-electron chi connectivity index (χ3n) is 9.43. The van der Waals surface area contributed by atoms with Crippen LogP contribution in [0.25, 0.3) is 10.8 Å². The Morgan fingerprint density at radius 3 is 2.53 bits per heavy atom. The van der Waals surface area contributed by atoms with E-state index in [0.717, 1.165) is 10.9 Å². The van der Waals surface area contributed by atoms with Crippen LogP contribution in [0.3, 0.4) is 0 Å². The van der Waals surface area contributed by atoms with Gasteiger partial charge in [-0.05, 0) is 60.3 Å². The number of nitriles is 1. The van der Waals surface area contributed by atoms with Gasteiger partial charge in [0.15, 0.2) is 0 Å². The van der Waals surface area contributed by atoms with E-state index in [2.05, 4.69) is 16.3 Å². The van der Waals surface area contributed by atoms with Gasteiger partial charge in [-0.1, -0.05) is 53.5 Å². The molecule has 0 spiro atoms. The molecule has 0 aliphatic carbocycles. The quantitative estimate of drug-likeness (QED) is 0.330. The number of piperidine rings is 1. The van der Waals surface area contributed by atoms with Gasteiger partial charge in [-0.25, -0.2) is 0 Å². The normalized spacial score (nSPS) is 17.2. The summed E-state index contributed by atoms with van der Waals surface area (Å²) < 4.78 is 10.9. The van der Waals surface area contributed by atoms with Crippen molar-refractivity contribution in [2.24, 2.45) is 0 Å². The Balaban J connectivity index is 1.36. The molecule has 47 heavy (non-hydrogen) atoms. The number of halogens is 2. The highest BCUT2D eigenvalue weighted by atomic mass is 35.5. The fourth-order valence-corrected chi connectivity index (χ4v) is 7.18. The van der Waals surface area contributed by atoms with E-state index >= 15 is 0 Å². The Morgan fingerprint density at radius 2 is 1.87 bits per heavy atom. The van der Waals surface area contributed by atoms with Gasteiger partial charge in [-0.15, -0.1) is 0 Å². The number of hydrogen-bond donors (Lipinski definition) is 1. The molecular formula is C35H39Cl2N5O5. The van der Waals surface area contributed by atoms with Crippen molar-refractivity contribution in [1.29, 1.82) is 5.26 Å². The number of methoxy groups -OCH3 is 1. The van der Waals surface area contributed by atoms with Crippen molar-refractivity contribution in [2.75, 3.05) is 67.1 Å². The minimum atomic E-state index is -0.901. The van der Waals surface area contributed by atoms with Crippen molar-refractivity contribution in [1.82, 2.24) is 20.0 Å². The summed E-state index contributed by atoms with van der Waals surface area (Å²) in [5.41, 5.74) is 0.677. The number of ether oxygens (including phenoxy) is 2. The number of benzene rings is 3. The summed E-state index contributed by atoms with van der Waals surface area (Å²) in [6, 6.07) is 16.9. The van der Waals surface area contributed by atoms with Gasteiger partial charge in [-0.3, -0.25) is 14.4 Å². The Hall–Kier alpha value is -3.88. The second-order valence-corrected chi connectivity index (χ2v) is 12.9. The fraction of sp³-hybridized carbons (Fsp3) is 0.429. The topological polar surface area (TPSA) is 115 Å². The lowest BCUT2D eigenvalue weighted by atomic mass is 9.83. The lowest BCUT2D eigenvalue weighted by Crippen LogP contribution is -2.66. The van der Waals surface area contributed by atoms with E-state index in [1.165, 1.54) is 7.11 Å². The van der Waals surface area contributed by atoms with Gasteiger partial charge in [0.2, 0.25) is 11.8 Å². The molecule has 1 atom stereocenters. The summed E-state index contributed by atoms with van der Waals surface area (Å²) >= 11 is 12.7. The molecule has 248 valence electrons. The van der Waals surface area contributed by atoms with E-state index in [-0.39, 0.29) is 36.0 Å². The summed E-state index contributed by atoms with van der Waals surface area (Å²) in [5.74, 6) is -0.430. The SMILES string of the molecule is CNC(=O)C1(N2CCOCC2=O)CCN(CC[C@H](CN(C)C(=O)c2c(OC)c(C#N)cc3ccccc23)c2ccc(Cl)c(Cl)c2)CC1. The van der Waals surface area contributed by atoms with E-state index in [1.807, 2.05) is 36.4 Å². The first-order valence-corrected chi connectivity index (χ1v) is 16.4. The summed E-state index contributed by atoms with van der Waals surface area (Å²) in [7, 11) is 4.82. The second-order valence-electron chi connectivity index (χ2n) is 12.1. The number of likely N-dealkylation sites (tertiary alicyclic amines) is 1. The van der Waals surface area contributed by atoms with Gasteiger partial charge < -0.3 is 29.5 Å². The van der Waals surface area contributed by atoms with Gasteiger partial charge in [-0.2, -0.15) is 5.26 Å². The molecule has 2 fully saturated rings. The van der Waals surface area contributed by atoms with Gasteiger partial charge in [0.05, 0.1) is 34.9 Å². The van der Waals surface area contributed by atoms with E-state index < -0.39 is 5.54 Å². The molecule has 12 heteroatoms. The number of likely N-dealkylation sites (N-methyl/N-ethyl adjacent to an activating group) is 2. The molecule has 2 aliphatic heterocycles. The van der Waals surface area contributed by atoms with Gasteiger partial charge >= 0.3 is 0 Å². The van der Waals surface area contributed by atoms with Crippen LogP contribution in [0.5, 0.6) is 5.75 Å². The molecular weight excluding hydrogens is 641 g/mol. The zero-order valence-electron chi connectivity index (χ0n) is 26.9. The fourth-order valence-electron chi connectivity index (χ4n) is 6.88. The lowest BCUT2D eigenvalue weighted by molar-refractivity contribution is -0.161. The minimum Gasteiger partial charge on any atom is -0.495 e. The first-order chi connectivity index (χ1) is 22.6. The predicted molar refractivity (Wildman–Crippen MR) is 181 cm³/mol. The molecule has 0 radical (unpaired) electrons. The number of carbonyl (C=O) groups excluding carboxylic acids is 3. The van der Waals surface area contributed by atoms with Crippen molar-refractivity contribution in [3.63, 3.8) is 0 Å². The number of carbonyl (C=O) groups is 3. The zero-order valence-corrected chi connectivity index (χ0v) is 28.4. The van der Waals surface area contributed by atoms with Gasteiger partial charge in [0, 0.05) is 46.2 Å². The van der Waals surface area contributed by atoms with Crippen LogP contribution in [-0.2, 0) is 14.3 Å². The number of hydrogen-bond acceptors (Lipinski definition) is 7. The largest absolute Gasteiger partial charge is 0.495 e. The molecule has 0 unspecified atom stereocenters. The molecule has 1 N–H and O–H groups in total. The Bertz CT molecular complexity index is 1700. The lowest BCUT2D eigenvalue weighted by Gasteiger charge is -2.48. The molecule has 2 saturated heterocycles. The molecule has 3 amide bonds. The maximum atomic E-state index is 14.1. The highest BCUT2D eigenvalue weighted by Crippen LogP contribution is 2.35. The van der Waals surface area contributed by atoms with Crippen LogP contribution in [0.4, 0.5) is 0 Å². The monoisotopic (exact) mass is 679 g/mol. The maximum absolute atomic E-state index is 14.1. The van der Waals surface area contributed by atoms with E-state index in [1.54, 1.807) is 36.0 Å². The van der Waals surface area contributed by atoms with E-state index in [0.29, 0.717) is 85.2 Å². The van der Waals surface area contributed by atoms with Gasteiger partial charge in [0.25, 0.3) is 5.91 Å². The molecule has 0 aromatic heterocycles. The highest BCUT2D eigenvalue weighted by Gasteiger charge is 2.48. The summed E-state index contributed by atoms with van der Waals surface area (Å²) in [5, 5.41) is 15.0. The third kappa shape index (κ3) is 7.04. The number of nitrogens with zero attached hydrogens (tertiary/aromatic N) is 4. The van der Waals surface area contributed by atoms with E-state index in [4.69, 9.17) is 32.7 Å². The molecule has 3 aromatic rings. The molecule has 10 nitrogen and oxygen atoms in total. The first kappa shape index (κ1) is 34.5. The molecule has 5 rings (SSSR count). The highest BCUT2D eigenvalue weighted by molar-refractivity contribution is 6.42.